The van der Waals surface area contributed by atoms with Crippen molar-refractivity contribution in [1.29, 1.82) is 0 Å². The highest BCUT2D eigenvalue weighted by Gasteiger charge is 2.54. The van der Waals surface area contributed by atoms with E-state index in [1.54, 1.807) is 27.7 Å². The molecule has 0 radical (unpaired) electrons. The van der Waals surface area contributed by atoms with E-state index in [1.165, 1.54) is 31.4 Å². The van der Waals surface area contributed by atoms with Crippen LogP contribution >= 0.6 is 0 Å². The van der Waals surface area contributed by atoms with E-state index in [9.17, 15) is 64.3 Å². The molecule has 0 spiro atoms. The Morgan fingerprint density at radius 3 is 1.51 bits per heavy atom. The zero-order valence-corrected chi connectivity index (χ0v) is 41.0. The van der Waals surface area contributed by atoms with Gasteiger partial charge in [-0.3, -0.25) is 19.2 Å². The number of ketones is 1. The summed E-state index contributed by atoms with van der Waals surface area (Å²) in [4.78, 5) is 80.8. The van der Waals surface area contributed by atoms with Gasteiger partial charge in [0.2, 0.25) is 5.78 Å². The minimum Gasteiger partial charge on any atom is -0.490 e. The van der Waals surface area contributed by atoms with Crippen molar-refractivity contribution >= 4 is 41.7 Å². The van der Waals surface area contributed by atoms with Gasteiger partial charge in [-0.2, -0.15) is 30.7 Å². The van der Waals surface area contributed by atoms with Crippen molar-refractivity contribution in [2.75, 3.05) is 59.9 Å². The number of hydrogen-bond donors (Lipinski definition) is 1. The summed E-state index contributed by atoms with van der Waals surface area (Å²) in [7, 11) is 1.42. The molecule has 1 N–H and O–H groups in total. The van der Waals surface area contributed by atoms with Crippen LogP contribution in [0.15, 0.2) is 36.9 Å². The van der Waals surface area contributed by atoms with Crippen molar-refractivity contribution < 1.29 is 107 Å². The highest BCUT2D eigenvalue weighted by Crippen LogP contribution is 2.32. The summed E-state index contributed by atoms with van der Waals surface area (Å²) in [6.45, 7) is 17.2. The number of Topliss-reactive ketones (excluding diaryl/α,β-unsaturated/α-hetero) is 1. The second-order valence-corrected chi connectivity index (χ2v) is 16.9. The van der Waals surface area contributed by atoms with Gasteiger partial charge in [0, 0.05) is 11.6 Å². The third-order valence-electron chi connectivity index (χ3n) is 9.47. The predicted octanol–water partition coefficient (Wildman–Crippen LogP) is 8.35. The van der Waals surface area contributed by atoms with E-state index < -0.39 is 77.8 Å². The highest BCUT2D eigenvalue weighted by atomic mass is 19.4. The van der Waals surface area contributed by atoms with Gasteiger partial charge in [0.05, 0.1) is 29.9 Å². The molecular weight excluding hydrogens is 943 g/mol. The number of amides is 1. The van der Waals surface area contributed by atoms with Gasteiger partial charge in [-0.1, -0.05) is 27.4 Å². The molecule has 0 bridgehead atoms. The number of alkyl halides is 7. The number of halogens is 7. The van der Waals surface area contributed by atoms with Crippen molar-refractivity contribution in [2.24, 2.45) is 16.2 Å². The topological polar surface area (TPSA) is 215 Å². The second-order valence-electron chi connectivity index (χ2n) is 16.9. The molecule has 24 heteroatoms. The summed E-state index contributed by atoms with van der Waals surface area (Å²) in [6.07, 6.45) is -12.9. The minimum absolute atomic E-state index is 0.00112. The fourth-order valence-electron chi connectivity index (χ4n) is 4.01. The number of nitrogens with one attached hydrogen (secondary N) is 1. The first-order valence-corrected chi connectivity index (χ1v) is 21.2. The van der Waals surface area contributed by atoms with Gasteiger partial charge in [0.15, 0.2) is 5.60 Å². The van der Waals surface area contributed by atoms with Crippen LogP contribution in [0, 0.1) is 16.2 Å². The normalized spacial score (nSPS) is 12.0. The average Bonchev–Trinajstić information content (AvgIpc) is 3.26. The number of rotatable bonds is 26. The highest BCUT2D eigenvalue weighted by molar-refractivity contribution is 6.03. The Hall–Kier alpha value is -5.52. The molecule has 0 aliphatic carbocycles. The van der Waals surface area contributed by atoms with E-state index in [2.05, 4.69) is 35.6 Å². The molecular formula is C45H66F7NO16. The van der Waals surface area contributed by atoms with Gasteiger partial charge in [0.1, 0.15) is 52.0 Å². The number of carbonyl (C=O) groups is 7. The van der Waals surface area contributed by atoms with Crippen LogP contribution in [0.2, 0.25) is 0 Å². The fraction of sp³-hybridized carbons (Fsp3) is 0.667. The summed E-state index contributed by atoms with van der Waals surface area (Å²) >= 11 is 0. The van der Waals surface area contributed by atoms with E-state index in [4.69, 9.17) is 18.9 Å². The Balaban J connectivity index is 0. The number of carbonyl (C=O) groups excluding carboxylic acids is 7. The standard InChI is InChI=1S/C24H29F7O8.C14H23NO6.C7H14O2/c1-6-20(2,3)18(33)37-12-11-36-16-9-7-15(8-10-16)17(32)21(4,5)38-19(34)24(30,31)39-23(28,29)14-35-13-22(25,26)27;1-5-11(16)19-8-7-15-13(18)21-10-9-20-12(17)14(3,4)6-2;1-5-7(2,3)6(8)9-4/h7-10H,6,11-14H2,1-5H3;5H,1,6-10H2,2-4H3,(H,15,18);5H2,1-4H3. The third kappa shape index (κ3) is 27.3. The van der Waals surface area contributed by atoms with Crippen LogP contribution in [0.1, 0.15) is 106 Å². The molecule has 0 unspecified atom stereocenters. The molecule has 0 fully saturated rings. The molecule has 0 saturated carbocycles. The largest absolute Gasteiger partial charge is 0.490 e. The average molecular weight is 1010 g/mol. The minimum atomic E-state index is -5.34. The number of ether oxygens (including phenoxy) is 9. The molecule has 69 heavy (non-hydrogen) atoms. The zero-order valence-electron chi connectivity index (χ0n) is 41.0. The van der Waals surface area contributed by atoms with Crippen molar-refractivity contribution in [3.63, 3.8) is 0 Å². The van der Waals surface area contributed by atoms with Gasteiger partial charge >= 0.3 is 54.3 Å². The van der Waals surface area contributed by atoms with Gasteiger partial charge < -0.3 is 43.2 Å². The SMILES string of the molecule is C=CC(=O)OCCNC(=O)OCCOC(=O)C(C)(C)CC.CCC(C)(C)C(=O)OC.CCC(C)(C)C(=O)OCCOc1ccc(C(=O)C(C)(C)OC(=O)C(F)(F)OC(F)(F)COCC(F)(F)F)cc1. The molecule has 17 nitrogen and oxygen atoms in total. The van der Waals surface area contributed by atoms with E-state index >= 15 is 0 Å². The number of methoxy groups -OCH3 is 1. The maximum absolute atomic E-state index is 13.9. The lowest BCUT2D eigenvalue weighted by molar-refractivity contribution is -0.378. The molecule has 0 atom stereocenters. The fourth-order valence-corrected chi connectivity index (χ4v) is 4.01. The van der Waals surface area contributed by atoms with E-state index in [-0.39, 0.29) is 68.2 Å². The maximum Gasteiger partial charge on any atom is 0.460 e. The van der Waals surface area contributed by atoms with Crippen molar-refractivity contribution in [1.82, 2.24) is 5.32 Å². The third-order valence-corrected chi connectivity index (χ3v) is 9.47. The lowest BCUT2D eigenvalue weighted by atomic mass is 9.91. The zero-order chi connectivity index (χ0) is 54.1. The van der Waals surface area contributed by atoms with Crippen molar-refractivity contribution in [3.05, 3.63) is 42.5 Å². The van der Waals surface area contributed by atoms with Crippen molar-refractivity contribution in [3.8, 4) is 5.75 Å². The molecule has 0 heterocycles. The van der Waals surface area contributed by atoms with Gasteiger partial charge in [0.25, 0.3) is 0 Å². The molecule has 0 aromatic heterocycles. The molecule has 0 aliphatic rings. The van der Waals surface area contributed by atoms with Crippen LogP contribution in [0.25, 0.3) is 0 Å². The van der Waals surface area contributed by atoms with Gasteiger partial charge in [-0.25, -0.2) is 19.1 Å². The van der Waals surface area contributed by atoms with Gasteiger partial charge in [-0.05, 0) is 98.9 Å². The first-order valence-electron chi connectivity index (χ1n) is 21.2. The molecule has 0 saturated heterocycles. The Labute approximate surface area is 397 Å². The van der Waals surface area contributed by atoms with Gasteiger partial charge in [-0.15, -0.1) is 0 Å². The molecule has 396 valence electrons. The second kappa shape index (κ2) is 29.5. The number of alkyl carbamates (subject to hydrolysis) is 1. The molecule has 1 amide bonds. The van der Waals surface area contributed by atoms with Crippen molar-refractivity contribution in [2.45, 2.75) is 119 Å². The maximum atomic E-state index is 13.9. The van der Waals surface area contributed by atoms with Crippen LogP contribution in [0.4, 0.5) is 35.5 Å². The monoisotopic (exact) mass is 1010 g/mol. The molecule has 1 rings (SSSR count). The van der Waals surface area contributed by atoms with Crippen LogP contribution < -0.4 is 10.1 Å². The number of esters is 5. The number of hydrogen-bond acceptors (Lipinski definition) is 16. The first kappa shape index (κ1) is 65.6. The van der Waals surface area contributed by atoms with E-state index in [1.807, 2.05) is 34.6 Å². The molecule has 0 aliphatic heterocycles. The smallest absolute Gasteiger partial charge is 0.460 e. The Bertz CT molecular complexity index is 1820. The Kier molecular flexibility index (Phi) is 28.0. The first-order chi connectivity index (χ1) is 31.5. The molecule has 1 aromatic rings. The van der Waals surface area contributed by atoms with Crippen LogP contribution in [-0.2, 0) is 61.9 Å². The Morgan fingerprint density at radius 2 is 1.07 bits per heavy atom. The van der Waals surface area contributed by atoms with Crippen LogP contribution in [-0.4, -0.2) is 126 Å². The lowest BCUT2D eigenvalue weighted by Crippen LogP contribution is -2.47. The summed E-state index contributed by atoms with van der Waals surface area (Å²) in [5.41, 5.74) is -3.94. The summed E-state index contributed by atoms with van der Waals surface area (Å²) in [5, 5.41) is 2.38. The summed E-state index contributed by atoms with van der Waals surface area (Å²) in [6, 6.07) is 5.06. The quantitative estimate of drug-likeness (QED) is 0.0230. The molecule has 1 aromatic carbocycles. The van der Waals surface area contributed by atoms with Crippen LogP contribution in [0.3, 0.4) is 0 Å². The number of benzene rings is 1. The van der Waals surface area contributed by atoms with Crippen LogP contribution in [0.5, 0.6) is 5.75 Å². The predicted molar refractivity (Wildman–Crippen MR) is 231 cm³/mol. The summed E-state index contributed by atoms with van der Waals surface area (Å²) < 4.78 is 131. The van der Waals surface area contributed by atoms with E-state index in [0.717, 1.165) is 26.3 Å². The summed E-state index contributed by atoms with van der Waals surface area (Å²) in [5.74, 6) is -4.86. The Morgan fingerprint density at radius 1 is 0.609 bits per heavy atom. The lowest BCUT2D eigenvalue weighted by Gasteiger charge is -2.27. The van der Waals surface area contributed by atoms with E-state index in [0.29, 0.717) is 12.8 Å².